The summed E-state index contributed by atoms with van der Waals surface area (Å²) in [6, 6.07) is 2.12. The number of thioether (sulfide) groups is 1. The predicted molar refractivity (Wildman–Crippen MR) is 82.3 cm³/mol. The number of carbonyl (C=O) groups is 1. The first-order chi connectivity index (χ1) is 9.24. The maximum atomic E-state index is 12.2. The second kappa shape index (κ2) is 7.31. The first-order valence-corrected chi connectivity index (χ1v) is 8.98. The van der Waals surface area contributed by atoms with Crippen LogP contribution in [0.15, 0.2) is 6.07 Å². The second-order valence-corrected chi connectivity index (χ2v) is 6.95. The van der Waals surface area contributed by atoms with E-state index in [-0.39, 0.29) is 18.6 Å². The Morgan fingerprint density at radius 3 is 3.00 bits per heavy atom. The molecule has 0 saturated heterocycles. The molecule has 3 nitrogen and oxygen atoms in total. The number of carbonyl (C=O) groups excluding carboxylic acids is 1. The van der Waals surface area contributed by atoms with Gasteiger partial charge in [0.1, 0.15) is 0 Å². The molecule has 0 aromatic carbocycles. The fourth-order valence-electron chi connectivity index (χ4n) is 2.41. The Morgan fingerprint density at radius 2 is 2.32 bits per heavy atom. The van der Waals surface area contributed by atoms with E-state index in [1.165, 1.54) is 23.3 Å². The number of aryl methyl sites for hydroxylation is 2. The summed E-state index contributed by atoms with van der Waals surface area (Å²) in [6.07, 6.45) is 7.36. The van der Waals surface area contributed by atoms with Crippen LogP contribution in [0, 0.1) is 0 Å². The SMILES string of the molecule is CSCC(CCO)NC(=O)c1cc2c(s1)CCCC2. The lowest BCUT2D eigenvalue weighted by Gasteiger charge is -2.15. The van der Waals surface area contributed by atoms with Crippen LogP contribution in [-0.2, 0) is 12.8 Å². The highest BCUT2D eigenvalue weighted by Gasteiger charge is 2.19. The maximum Gasteiger partial charge on any atom is 0.261 e. The van der Waals surface area contributed by atoms with Gasteiger partial charge in [-0.1, -0.05) is 0 Å². The number of fused-ring (bicyclic) bond motifs is 1. The average molecular weight is 299 g/mol. The minimum atomic E-state index is 0.0203. The molecule has 1 aromatic heterocycles. The predicted octanol–water partition coefficient (Wildman–Crippen LogP) is 2.47. The van der Waals surface area contributed by atoms with Gasteiger partial charge in [-0.2, -0.15) is 11.8 Å². The van der Waals surface area contributed by atoms with Crippen LogP contribution in [0.3, 0.4) is 0 Å². The molecule has 1 aliphatic carbocycles. The van der Waals surface area contributed by atoms with Crippen LogP contribution in [0.4, 0.5) is 0 Å². The van der Waals surface area contributed by atoms with E-state index in [0.717, 1.165) is 23.5 Å². The zero-order valence-corrected chi connectivity index (χ0v) is 12.9. The number of amides is 1. The fraction of sp³-hybridized carbons (Fsp3) is 0.643. The topological polar surface area (TPSA) is 49.3 Å². The van der Waals surface area contributed by atoms with Crippen molar-refractivity contribution in [3.05, 3.63) is 21.4 Å². The lowest BCUT2D eigenvalue weighted by molar-refractivity contribution is 0.0939. The summed E-state index contributed by atoms with van der Waals surface area (Å²) in [4.78, 5) is 14.4. The van der Waals surface area contributed by atoms with Gasteiger partial charge in [0.15, 0.2) is 0 Å². The van der Waals surface area contributed by atoms with Crippen molar-refractivity contribution in [2.45, 2.75) is 38.1 Å². The number of aliphatic hydroxyl groups excluding tert-OH is 1. The number of thiophene rings is 1. The minimum absolute atomic E-state index is 0.0203. The highest BCUT2D eigenvalue weighted by molar-refractivity contribution is 7.98. The molecule has 1 unspecified atom stereocenters. The quantitative estimate of drug-likeness (QED) is 0.848. The molecule has 0 radical (unpaired) electrons. The van der Waals surface area contributed by atoms with E-state index in [0.29, 0.717) is 6.42 Å². The minimum Gasteiger partial charge on any atom is -0.396 e. The Kier molecular flexibility index (Phi) is 5.73. The van der Waals surface area contributed by atoms with Gasteiger partial charge < -0.3 is 10.4 Å². The van der Waals surface area contributed by atoms with Crippen molar-refractivity contribution < 1.29 is 9.90 Å². The van der Waals surface area contributed by atoms with E-state index >= 15 is 0 Å². The maximum absolute atomic E-state index is 12.2. The van der Waals surface area contributed by atoms with Gasteiger partial charge >= 0.3 is 0 Å². The molecule has 1 atom stereocenters. The molecular formula is C14H21NO2S2. The standard InChI is InChI=1S/C14H21NO2S2/c1-18-9-11(6-7-16)15-14(17)13-8-10-4-2-3-5-12(10)19-13/h8,11,16H,2-7,9H2,1H3,(H,15,17). The number of rotatable bonds is 6. The third kappa shape index (κ3) is 3.97. The van der Waals surface area contributed by atoms with Crippen molar-refractivity contribution in [3.8, 4) is 0 Å². The number of hydrogen-bond acceptors (Lipinski definition) is 4. The first-order valence-electron chi connectivity index (χ1n) is 6.77. The third-order valence-electron chi connectivity index (χ3n) is 3.40. The molecule has 2 rings (SSSR count). The zero-order valence-electron chi connectivity index (χ0n) is 11.3. The van der Waals surface area contributed by atoms with Crippen molar-refractivity contribution in [1.82, 2.24) is 5.32 Å². The lowest BCUT2D eigenvalue weighted by atomic mass is 9.99. The molecule has 106 valence electrons. The van der Waals surface area contributed by atoms with E-state index in [4.69, 9.17) is 5.11 Å². The van der Waals surface area contributed by atoms with Crippen molar-refractivity contribution in [2.24, 2.45) is 0 Å². The van der Waals surface area contributed by atoms with Crippen LogP contribution in [0.2, 0.25) is 0 Å². The molecular weight excluding hydrogens is 278 g/mol. The molecule has 2 N–H and O–H groups in total. The van der Waals surface area contributed by atoms with Gasteiger partial charge in [0.2, 0.25) is 0 Å². The van der Waals surface area contributed by atoms with Crippen molar-refractivity contribution in [2.75, 3.05) is 18.6 Å². The van der Waals surface area contributed by atoms with Gasteiger partial charge in [-0.3, -0.25) is 4.79 Å². The van der Waals surface area contributed by atoms with E-state index in [1.54, 1.807) is 23.1 Å². The summed E-state index contributed by atoms with van der Waals surface area (Å²) in [5, 5.41) is 12.1. The van der Waals surface area contributed by atoms with Crippen LogP contribution < -0.4 is 5.32 Å². The summed E-state index contributed by atoms with van der Waals surface area (Å²) in [5.74, 6) is 0.865. The highest BCUT2D eigenvalue weighted by Crippen LogP contribution is 2.29. The van der Waals surface area contributed by atoms with Crippen molar-refractivity contribution >= 4 is 29.0 Å². The lowest BCUT2D eigenvalue weighted by Crippen LogP contribution is -2.36. The Bertz CT molecular complexity index is 402. The van der Waals surface area contributed by atoms with Gasteiger partial charge in [-0.25, -0.2) is 0 Å². The van der Waals surface area contributed by atoms with Crippen LogP contribution in [0.25, 0.3) is 0 Å². The van der Waals surface area contributed by atoms with Crippen LogP contribution >= 0.6 is 23.1 Å². The molecule has 0 fully saturated rings. The number of hydrogen-bond donors (Lipinski definition) is 2. The van der Waals surface area contributed by atoms with Gasteiger partial charge in [0, 0.05) is 23.3 Å². The average Bonchev–Trinajstić information content (AvgIpc) is 2.83. The zero-order chi connectivity index (χ0) is 13.7. The molecule has 0 aliphatic heterocycles. The van der Waals surface area contributed by atoms with Crippen LogP contribution in [0.1, 0.15) is 39.4 Å². The third-order valence-corrected chi connectivity index (χ3v) is 5.37. The molecule has 19 heavy (non-hydrogen) atoms. The molecule has 5 heteroatoms. The molecule has 0 spiro atoms. The summed E-state index contributed by atoms with van der Waals surface area (Å²) < 4.78 is 0. The highest BCUT2D eigenvalue weighted by atomic mass is 32.2. The summed E-state index contributed by atoms with van der Waals surface area (Å²) >= 11 is 3.33. The van der Waals surface area contributed by atoms with Crippen molar-refractivity contribution in [3.63, 3.8) is 0 Å². The van der Waals surface area contributed by atoms with E-state index in [9.17, 15) is 4.79 Å². The van der Waals surface area contributed by atoms with E-state index < -0.39 is 0 Å². The van der Waals surface area contributed by atoms with Gasteiger partial charge in [0.25, 0.3) is 5.91 Å². The molecule has 0 bridgehead atoms. The number of nitrogens with one attached hydrogen (secondary N) is 1. The van der Waals surface area contributed by atoms with Gasteiger partial charge in [-0.15, -0.1) is 11.3 Å². The van der Waals surface area contributed by atoms with E-state index in [2.05, 4.69) is 11.4 Å². The largest absolute Gasteiger partial charge is 0.396 e. The first kappa shape index (κ1) is 14.9. The normalized spacial score (nSPS) is 15.9. The van der Waals surface area contributed by atoms with Gasteiger partial charge in [0.05, 0.1) is 4.88 Å². The van der Waals surface area contributed by atoms with Crippen molar-refractivity contribution in [1.29, 1.82) is 0 Å². The molecule has 1 heterocycles. The molecule has 1 aromatic rings. The Balaban J connectivity index is 2.00. The fourth-order valence-corrected chi connectivity index (χ4v) is 4.22. The summed E-state index contributed by atoms with van der Waals surface area (Å²) in [6.45, 7) is 0.118. The summed E-state index contributed by atoms with van der Waals surface area (Å²) in [5.41, 5.74) is 1.37. The van der Waals surface area contributed by atoms with Crippen LogP contribution in [0.5, 0.6) is 0 Å². The smallest absolute Gasteiger partial charge is 0.261 e. The molecule has 1 aliphatic rings. The summed E-state index contributed by atoms with van der Waals surface area (Å²) in [7, 11) is 0. The molecule has 0 saturated carbocycles. The Morgan fingerprint density at radius 1 is 1.53 bits per heavy atom. The van der Waals surface area contributed by atoms with Gasteiger partial charge in [-0.05, 0) is 50.0 Å². The Hall–Kier alpha value is -0.520. The second-order valence-electron chi connectivity index (χ2n) is 4.90. The van der Waals surface area contributed by atoms with E-state index in [1.807, 2.05) is 6.26 Å². The molecule has 1 amide bonds. The van der Waals surface area contributed by atoms with Crippen LogP contribution in [-0.4, -0.2) is 35.7 Å². The number of aliphatic hydroxyl groups is 1. The Labute approximate surface area is 122 Å². The monoisotopic (exact) mass is 299 g/mol.